The van der Waals surface area contributed by atoms with Crippen molar-refractivity contribution in [1.82, 2.24) is 0 Å². The smallest absolute Gasteiger partial charge is 0.336 e. The molecule has 2 rings (SSSR count). The van der Waals surface area contributed by atoms with Crippen LogP contribution in [-0.4, -0.2) is 5.97 Å². The molecule has 0 aliphatic heterocycles. The highest BCUT2D eigenvalue weighted by Crippen LogP contribution is 2.32. The number of esters is 1. The highest BCUT2D eigenvalue weighted by atomic mass is 19.1. The van der Waals surface area contributed by atoms with Crippen molar-refractivity contribution in [3.05, 3.63) is 71.0 Å². The van der Waals surface area contributed by atoms with Crippen molar-refractivity contribution in [2.24, 2.45) is 0 Å². The normalized spacial score (nSPS) is 11.7. The molecule has 0 aliphatic carbocycles. The Morgan fingerprint density at radius 2 is 1.74 bits per heavy atom. The van der Waals surface area contributed by atoms with Gasteiger partial charge in [0.05, 0.1) is 0 Å². The fourth-order valence-corrected chi connectivity index (χ4v) is 2.20. The molecule has 0 heterocycles. The molecule has 2 aromatic carbocycles. The minimum atomic E-state index is -0.455. The SMILES string of the molecule is Cc1ccc(OC(=O)/C=C/c2ccc(F)cc2)c(C(C)(C)C)c1. The Hall–Kier alpha value is -2.42. The fraction of sp³-hybridized carbons (Fsp3) is 0.250. The van der Waals surface area contributed by atoms with Crippen LogP contribution >= 0.6 is 0 Å². The topological polar surface area (TPSA) is 26.3 Å². The minimum Gasteiger partial charge on any atom is -0.423 e. The van der Waals surface area contributed by atoms with Crippen LogP contribution < -0.4 is 4.74 Å². The maximum absolute atomic E-state index is 12.8. The molecule has 0 saturated carbocycles. The summed E-state index contributed by atoms with van der Waals surface area (Å²) in [4.78, 5) is 12.0. The van der Waals surface area contributed by atoms with E-state index < -0.39 is 5.97 Å². The van der Waals surface area contributed by atoms with Crippen molar-refractivity contribution in [1.29, 1.82) is 0 Å². The van der Waals surface area contributed by atoms with E-state index in [1.165, 1.54) is 18.2 Å². The Bertz CT molecular complexity index is 722. The lowest BCUT2D eigenvalue weighted by atomic mass is 9.85. The first-order valence-corrected chi connectivity index (χ1v) is 7.52. The molecule has 0 saturated heterocycles. The number of carbonyl (C=O) groups is 1. The fourth-order valence-electron chi connectivity index (χ4n) is 2.20. The first-order chi connectivity index (χ1) is 10.8. The Morgan fingerprint density at radius 3 is 2.35 bits per heavy atom. The van der Waals surface area contributed by atoms with Crippen LogP contribution in [0.3, 0.4) is 0 Å². The molecule has 0 amide bonds. The van der Waals surface area contributed by atoms with Crippen LogP contribution in [0.25, 0.3) is 6.08 Å². The quantitative estimate of drug-likeness (QED) is 0.450. The number of hydrogen-bond acceptors (Lipinski definition) is 2. The van der Waals surface area contributed by atoms with Gasteiger partial charge in [0.25, 0.3) is 0 Å². The molecule has 0 aliphatic rings. The third kappa shape index (κ3) is 4.78. The average molecular weight is 312 g/mol. The van der Waals surface area contributed by atoms with Crippen molar-refractivity contribution in [3.8, 4) is 5.75 Å². The van der Waals surface area contributed by atoms with Crippen LogP contribution in [0.2, 0.25) is 0 Å². The summed E-state index contributed by atoms with van der Waals surface area (Å²) in [6.45, 7) is 8.24. The van der Waals surface area contributed by atoms with E-state index in [0.717, 1.165) is 16.7 Å². The van der Waals surface area contributed by atoms with E-state index in [-0.39, 0.29) is 11.2 Å². The number of aryl methyl sites for hydroxylation is 1. The Labute approximate surface area is 136 Å². The Balaban J connectivity index is 2.16. The van der Waals surface area contributed by atoms with Crippen LogP contribution in [0.5, 0.6) is 5.75 Å². The van der Waals surface area contributed by atoms with E-state index >= 15 is 0 Å². The third-order valence-electron chi connectivity index (χ3n) is 3.44. The van der Waals surface area contributed by atoms with Crippen molar-refractivity contribution >= 4 is 12.0 Å². The molecule has 0 bridgehead atoms. The van der Waals surface area contributed by atoms with Gasteiger partial charge in [-0.25, -0.2) is 9.18 Å². The molecule has 0 radical (unpaired) electrons. The van der Waals surface area contributed by atoms with E-state index in [1.54, 1.807) is 18.2 Å². The van der Waals surface area contributed by atoms with Gasteiger partial charge in [0.15, 0.2) is 0 Å². The first-order valence-electron chi connectivity index (χ1n) is 7.52. The van der Waals surface area contributed by atoms with Gasteiger partial charge in [-0.1, -0.05) is 50.6 Å². The van der Waals surface area contributed by atoms with E-state index in [9.17, 15) is 9.18 Å². The molecular formula is C20H21FO2. The van der Waals surface area contributed by atoms with Gasteiger partial charge in [0.1, 0.15) is 11.6 Å². The predicted molar refractivity (Wildman–Crippen MR) is 90.9 cm³/mol. The summed E-state index contributed by atoms with van der Waals surface area (Å²) in [7, 11) is 0. The third-order valence-corrected chi connectivity index (χ3v) is 3.44. The number of benzene rings is 2. The zero-order chi connectivity index (χ0) is 17.0. The molecule has 120 valence electrons. The van der Waals surface area contributed by atoms with Gasteiger partial charge in [0, 0.05) is 11.6 Å². The molecular weight excluding hydrogens is 291 g/mol. The number of halogens is 1. The molecule has 0 aromatic heterocycles. The predicted octanol–water partition coefficient (Wildman–Crippen LogP) is 5.05. The second-order valence-electron chi connectivity index (χ2n) is 6.56. The van der Waals surface area contributed by atoms with Gasteiger partial charge in [0.2, 0.25) is 0 Å². The Morgan fingerprint density at radius 1 is 1.09 bits per heavy atom. The lowest BCUT2D eigenvalue weighted by Gasteiger charge is -2.22. The van der Waals surface area contributed by atoms with Crippen molar-refractivity contribution in [2.75, 3.05) is 0 Å². The van der Waals surface area contributed by atoms with Crippen molar-refractivity contribution in [3.63, 3.8) is 0 Å². The number of carbonyl (C=O) groups excluding carboxylic acids is 1. The molecule has 3 heteroatoms. The van der Waals surface area contributed by atoms with Crippen LogP contribution in [0, 0.1) is 12.7 Å². The molecule has 0 unspecified atom stereocenters. The molecule has 2 aromatic rings. The first kappa shape index (κ1) is 16.9. The monoisotopic (exact) mass is 312 g/mol. The summed E-state index contributed by atoms with van der Waals surface area (Å²) in [5.41, 5.74) is 2.73. The summed E-state index contributed by atoms with van der Waals surface area (Å²) in [6.07, 6.45) is 2.95. The zero-order valence-electron chi connectivity index (χ0n) is 13.9. The molecule has 0 fully saturated rings. The van der Waals surface area contributed by atoms with Gasteiger partial charge in [-0.3, -0.25) is 0 Å². The highest BCUT2D eigenvalue weighted by Gasteiger charge is 2.20. The molecule has 23 heavy (non-hydrogen) atoms. The maximum Gasteiger partial charge on any atom is 0.336 e. The standard InChI is InChI=1S/C20H21FO2/c1-14-5-11-18(17(13-14)20(2,3)4)23-19(22)12-8-15-6-9-16(21)10-7-15/h5-13H,1-4H3/b12-8+. The zero-order valence-corrected chi connectivity index (χ0v) is 13.9. The summed E-state index contributed by atoms with van der Waals surface area (Å²) in [6, 6.07) is 11.7. The molecule has 0 N–H and O–H groups in total. The van der Waals surface area contributed by atoms with Crippen molar-refractivity contribution < 1.29 is 13.9 Å². The lowest BCUT2D eigenvalue weighted by molar-refractivity contribution is -0.128. The van der Waals surface area contributed by atoms with E-state index in [0.29, 0.717) is 5.75 Å². The molecule has 0 atom stereocenters. The molecule has 0 spiro atoms. The molecule has 2 nitrogen and oxygen atoms in total. The number of hydrogen-bond donors (Lipinski definition) is 0. The van der Waals surface area contributed by atoms with Gasteiger partial charge < -0.3 is 4.74 Å². The van der Waals surface area contributed by atoms with Crippen LogP contribution in [-0.2, 0) is 10.2 Å². The summed E-state index contributed by atoms with van der Waals surface area (Å²) < 4.78 is 18.3. The second kappa shape index (κ2) is 6.78. The van der Waals surface area contributed by atoms with Crippen LogP contribution in [0.4, 0.5) is 4.39 Å². The summed E-state index contributed by atoms with van der Waals surface area (Å²) >= 11 is 0. The highest BCUT2D eigenvalue weighted by molar-refractivity contribution is 5.88. The largest absolute Gasteiger partial charge is 0.423 e. The van der Waals surface area contributed by atoms with Gasteiger partial charge in [-0.05, 0) is 42.2 Å². The summed E-state index contributed by atoms with van der Waals surface area (Å²) in [5, 5.41) is 0. The van der Waals surface area contributed by atoms with Crippen molar-refractivity contribution in [2.45, 2.75) is 33.1 Å². The van der Waals surface area contributed by atoms with E-state index in [4.69, 9.17) is 4.74 Å². The summed E-state index contributed by atoms with van der Waals surface area (Å²) in [5.74, 6) is -0.195. The number of rotatable bonds is 3. The van der Waals surface area contributed by atoms with E-state index in [2.05, 4.69) is 20.8 Å². The van der Waals surface area contributed by atoms with Crippen LogP contribution in [0.1, 0.15) is 37.5 Å². The minimum absolute atomic E-state index is 0.123. The Kier molecular flexibility index (Phi) is 4.99. The second-order valence-corrected chi connectivity index (χ2v) is 6.56. The lowest BCUT2D eigenvalue weighted by Crippen LogP contribution is -2.15. The number of ether oxygens (including phenoxy) is 1. The van der Waals surface area contributed by atoms with Gasteiger partial charge in [-0.15, -0.1) is 0 Å². The average Bonchev–Trinajstić information content (AvgIpc) is 2.47. The maximum atomic E-state index is 12.8. The van der Waals surface area contributed by atoms with Crippen LogP contribution in [0.15, 0.2) is 48.5 Å². The van der Waals surface area contributed by atoms with Gasteiger partial charge >= 0.3 is 5.97 Å². The van der Waals surface area contributed by atoms with E-state index in [1.807, 2.05) is 25.1 Å². The van der Waals surface area contributed by atoms with Gasteiger partial charge in [-0.2, -0.15) is 0 Å².